The van der Waals surface area contributed by atoms with Crippen molar-refractivity contribution in [2.75, 3.05) is 0 Å². The van der Waals surface area contributed by atoms with Gasteiger partial charge in [-0.3, -0.25) is 9.69 Å². The van der Waals surface area contributed by atoms with Crippen molar-refractivity contribution in [3.05, 3.63) is 47.1 Å². The van der Waals surface area contributed by atoms with Crippen molar-refractivity contribution >= 4 is 11.9 Å². The average Bonchev–Trinajstić information content (AvgIpc) is 3.13. The molecule has 3 amide bonds. The van der Waals surface area contributed by atoms with Crippen LogP contribution in [0.25, 0.3) is 0 Å². The Balaban J connectivity index is 1.82. The summed E-state index contributed by atoms with van der Waals surface area (Å²) in [6.45, 7) is 5.59. The number of imide groups is 1. The van der Waals surface area contributed by atoms with Gasteiger partial charge < -0.3 is 9.84 Å². The van der Waals surface area contributed by atoms with Crippen LogP contribution in [0.5, 0.6) is 0 Å². The van der Waals surface area contributed by atoms with Crippen molar-refractivity contribution in [1.82, 2.24) is 20.4 Å². The number of nitrogens with zero attached hydrogens (tertiary/aromatic N) is 4. The van der Waals surface area contributed by atoms with Crippen molar-refractivity contribution in [1.29, 1.82) is 5.26 Å². The average molecular weight is 353 g/mol. The first-order valence-electron chi connectivity index (χ1n) is 8.29. The number of urea groups is 1. The molecule has 2 aromatic rings. The minimum atomic E-state index is -1.25. The lowest BCUT2D eigenvalue weighted by Crippen LogP contribution is -2.40. The molecule has 8 heteroatoms. The van der Waals surface area contributed by atoms with E-state index in [9.17, 15) is 9.59 Å². The second-order valence-electron chi connectivity index (χ2n) is 6.84. The van der Waals surface area contributed by atoms with E-state index < -0.39 is 17.5 Å². The van der Waals surface area contributed by atoms with Crippen LogP contribution < -0.4 is 5.32 Å². The molecule has 1 aromatic heterocycles. The molecule has 2 heterocycles. The van der Waals surface area contributed by atoms with Crippen LogP contribution in [-0.2, 0) is 23.3 Å². The molecular weight excluding hydrogens is 334 g/mol. The van der Waals surface area contributed by atoms with E-state index in [2.05, 4.69) is 15.5 Å². The maximum absolute atomic E-state index is 12.9. The molecule has 3 rings (SSSR count). The Morgan fingerprint density at radius 2 is 2.15 bits per heavy atom. The number of amides is 3. The monoisotopic (exact) mass is 353 g/mol. The highest BCUT2D eigenvalue weighted by molar-refractivity contribution is 6.07. The van der Waals surface area contributed by atoms with E-state index in [4.69, 9.17) is 9.78 Å². The summed E-state index contributed by atoms with van der Waals surface area (Å²) >= 11 is 0. The SMILES string of the molecule is CC(C)Cc1noc(CN2C(=O)NC(C)(c3cccc(C#N)c3)C2=O)n1. The molecule has 0 bridgehead atoms. The predicted molar refractivity (Wildman–Crippen MR) is 90.4 cm³/mol. The summed E-state index contributed by atoms with van der Waals surface area (Å²) in [7, 11) is 0. The zero-order valence-corrected chi connectivity index (χ0v) is 14.8. The van der Waals surface area contributed by atoms with E-state index in [-0.39, 0.29) is 12.4 Å². The first-order valence-corrected chi connectivity index (χ1v) is 8.29. The maximum Gasteiger partial charge on any atom is 0.325 e. The molecule has 1 saturated heterocycles. The molecule has 0 aliphatic carbocycles. The zero-order valence-electron chi connectivity index (χ0n) is 14.8. The number of rotatable bonds is 5. The number of carbonyl (C=O) groups is 2. The molecule has 0 saturated carbocycles. The molecule has 1 N–H and O–H groups in total. The lowest BCUT2D eigenvalue weighted by molar-refractivity contribution is -0.131. The number of carbonyl (C=O) groups excluding carboxylic acids is 2. The molecule has 134 valence electrons. The maximum atomic E-state index is 12.9. The van der Waals surface area contributed by atoms with E-state index in [1.54, 1.807) is 31.2 Å². The summed E-state index contributed by atoms with van der Waals surface area (Å²) in [5.41, 5.74) is -0.284. The van der Waals surface area contributed by atoms with Gasteiger partial charge in [0, 0.05) is 6.42 Å². The van der Waals surface area contributed by atoms with Gasteiger partial charge in [0.15, 0.2) is 5.82 Å². The van der Waals surface area contributed by atoms with Crippen LogP contribution in [0.4, 0.5) is 4.79 Å². The first kappa shape index (κ1) is 17.6. The van der Waals surface area contributed by atoms with Gasteiger partial charge >= 0.3 is 6.03 Å². The number of hydrogen-bond donors (Lipinski definition) is 1. The van der Waals surface area contributed by atoms with E-state index in [1.807, 2.05) is 19.9 Å². The summed E-state index contributed by atoms with van der Waals surface area (Å²) in [5.74, 6) is 0.694. The normalized spacial score (nSPS) is 19.7. The Morgan fingerprint density at radius 1 is 1.38 bits per heavy atom. The summed E-state index contributed by atoms with van der Waals surface area (Å²) in [6, 6.07) is 8.11. The lowest BCUT2D eigenvalue weighted by Gasteiger charge is -2.22. The number of benzene rings is 1. The van der Waals surface area contributed by atoms with Crippen molar-refractivity contribution in [3.63, 3.8) is 0 Å². The van der Waals surface area contributed by atoms with Crippen LogP contribution >= 0.6 is 0 Å². The third kappa shape index (κ3) is 3.16. The molecule has 0 radical (unpaired) electrons. The Labute approximate surface area is 150 Å². The van der Waals surface area contributed by atoms with Gasteiger partial charge in [-0.2, -0.15) is 10.2 Å². The van der Waals surface area contributed by atoms with E-state index in [0.717, 1.165) is 4.90 Å². The summed E-state index contributed by atoms with van der Waals surface area (Å²) in [4.78, 5) is 30.5. The highest BCUT2D eigenvalue weighted by Crippen LogP contribution is 2.30. The summed E-state index contributed by atoms with van der Waals surface area (Å²) in [5, 5.41) is 15.6. The Morgan fingerprint density at radius 3 is 2.85 bits per heavy atom. The van der Waals surface area contributed by atoms with Crippen LogP contribution in [-0.4, -0.2) is 27.0 Å². The third-order valence-corrected chi connectivity index (χ3v) is 4.24. The standard InChI is InChI=1S/C18H19N5O3/c1-11(2)7-14-20-15(26-22-14)10-23-16(24)18(3,21-17(23)25)13-6-4-5-12(8-13)9-19/h4-6,8,11H,7,10H2,1-3H3,(H,21,25). The van der Waals surface area contributed by atoms with E-state index in [0.29, 0.717) is 29.3 Å². The molecule has 1 aliphatic heterocycles. The number of hydrogen-bond acceptors (Lipinski definition) is 6. The summed E-state index contributed by atoms with van der Waals surface area (Å²) < 4.78 is 5.16. The van der Waals surface area contributed by atoms with Crippen molar-refractivity contribution in [2.24, 2.45) is 5.92 Å². The number of nitrogens with one attached hydrogen (secondary N) is 1. The molecule has 26 heavy (non-hydrogen) atoms. The molecule has 1 unspecified atom stereocenters. The molecular formula is C18H19N5O3. The minimum absolute atomic E-state index is 0.0940. The fourth-order valence-corrected chi connectivity index (χ4v) is 2.87. The largest absolute Gasteiger partial charge is 0.337 e. The van der Waals surface area contributed by atoms with Crippen molar-refractivity contribution < 1.29 is 14.1 Å². The van der Waals surface area contributed by atoms with Gasteiger partial charge in [-0.25, -0.2) is 4.79 Å². The Hall–Kier alpha value is -3.21. The highest BCUT2D eigenvalue weighted by Gasteiger charge is 2.49. The molecule has 0 spiro atoms. The molecule has 1 atom stereocenters. The van der Waals surface area contributed by atoms with Gasteiger partial charge in [-0.05, 0) is 30.5 Å². The van der Waals surface area contributed by atoms with Gasteiger partial charge in [0.1, 0.15) is 12.1 Å². The van der Waals surface area contributed by atoms with Gasteiger partial charge in [0.2, 0.25) is 5.89 Å². The summed E-state index contributed by atoms with van der Waals surface area (Å²) in [6.07, 6.45) is 0.655. The van der Waals surface area contributed by atoms with Crippen molar-refractivity contribution in [2.45, 2.75) is 39.3 Å². The van der Waals surface area contributed by atoms with Gasteiger partial charge in [0.05, 0.1) is 11.6 Å². The first-order chi connectivity index (χ1) is 12.3. The van der Waals surface area contributed by atoms with Gasteiger partial charge in [-0.1, -0.05) is 31.1 Å². The second-order valence-corrected chi connectivity index (χ2v) is 6.84. The second kappa shape index (κ2) is 6.59. The van der Waals surface area contributed by atoms with Crippen LogP contribution in [0.1, 0.15) is 43.6 Å². The quantitative estimate of drug-likeness (QED) is 0.824. The van der Waals surface area contributed by atoms with Crippen molar-refractivity contribution in [3.8, 4) is 6.07 Å². The number of nitriles is 1. The Kier molecular flexibility index (Phi) is 4.47. The topological polar surface area (TPSA) is 112 Å². The molecule has 1 aromatic carbocycles. The predicted octanol–water partition coefficient (Wildman–Crippen LogP) is 2.11. The van der Waals surface area contributed by atoms with Gasteiger partial charge in [0.25, 0.3) is 5.91 Å². The lowest BCUT2D eigenvalue weighted by atomic mass is 9.91. The van der Waals surface area contributed by atoms with E-state index in [1.165, 1.54) is 0 Å². The van der Waals surface area contributed by atoms with Crippen LogP contribution in [0.3, 0.4) is 0 Å². The smallest absolute Gasteiger partial charge is 0.325 e. The molecule has 1 fully saturated rings. The Bertz CT molecular complexity index is 898. The minimum Gasteiger partial charge on any atom is -0.337 e. The highest BCUT2D eigenvalue weighted by atomic mass is 16.5. The van der Waals surface area contributed by atoms with Crippen LogP contribution in [0, 0.1) is 17.2 Å². The fraction of sp³-hybridized carbons (Fsp3) is 0.389. The van der Waals surface area contributed by atoms with Gasteiger partial charge in [-0.15, -0.1) is 0 Å². The van der Waals surface area contributed by atoms with E-state index >= 15 is 0 Å². The number of aromatic nitrogens is 2. The fourth-order valence-electron chi connectivity index (χ4n) is 2.87. The molecule has 8 nitrogen and oxygen atoms in total. The third-order valence-electron chi connectivity index (χ3n) is 4.24. The van der Waals surface area contributed by atoms with Crippen LogP contribution in [0.2, 0.25) is 0 Å². The van der Waals surface area contributed by atoms with Crippen LogP contribution in [0.15, 0.2) is 28.8 Å². The zero-order chi connectivity index (χ0) is 18.9. The molecule has 1 aliphatic rings.